The monoisotopic (exact) mass is 380 g/mol. The van der Waals surface area contributed by atoms with Crippen molar-refractivity contribution in [2.45, 2.75) is 44.2 Å². The van der Waals surface area contributed by atoms with Crippen molar-refractivity contribution in [1.29, 1.82) is 0 Å². The van der Waals surface area contributed by atoms with E-state index in [0.29, 0.717) is 16.5 Å². The fraction of sp³-hybridized carbons (Fsp3) is 0.611. The largest absolute Gasteiger partial charge is 0.468 e. The van der Waals surface area contributed by atoms with Gasteiger partial charge in [-0.1, -0.05) is 12.8 Å². The Bertz CT molecular complexity index is 689. The average Bonchev–Trinajstić information content (AvgIpc) is 3.25. The highest BCUT2D eigenvalue weighted by molar-refractivity contribution is 7.12. The van der Waals surface area contributed by atoms with Crippen molar-refractivity contribution >= 4 is 34.9 Å². The maximum atomic E-state index is 12.6. The number of nitrogens with one attached hydrogen (secondary N) is 1. The van der Waals surface area contributed by atoms with Crippen molar-refractivity contribution in [3.63, 3.8) is 0 Å². The van der Waals surface area contributed by atoms with Gasteiger partial charge in [-0.05, 0) is 36.6 Å². The molecule has 0 aromatic carbocycles. The zero-order valence-corrected chi connectivity index (χ0v) is 15.8. The number of carbonyl (C=O) groups is 3. The minimum Gasteiger partial charge on any atom is -0.468 e. The minimum atomic E-state index is -0.476. The molecule has 0 radical (unpaired) electrons. The highest BCUT2D eigenvalue weighted by atomic mass is 32.1. The summed E-state index contributed by atoms with van der Waals surface area (Å²) >= 11 is 1.22. The SMILES string of the molecule is COC(=O)c1sccc1NC(=O)CN1C(C(=O)OC)CC2CCCCC21. The van der Waals surface area contributed by atoms with Crippen LogP contribution in [0.4, 0.5) is 5.69 Å². The Morgan fingerprint density at radius 1 is 1.23 bits per heavy atom. The van der Waals surface area contributed by atoms with Crippen LogP contribution in [-0.4, -0.2) is 55.6 Å². The van der Waals surface area contributed by atoms with Crippen LogP contribution in [0.1, 0.15) is 41.8 Å². The first-order valence-corrected chi connectivity index (χ1v) is 9.72. The molecule has 3 unspecified atom stereocenters. The van der Waals surface area contributed by atoms with Crippen LogP contribution in [0.3, 0.4) is 0 Å². The van der Waals surface area contributed by atoms with Gasteiger partial charge in [0, 0.05) is 6.04 Å². The molecule has 1 saturated carbocycles. The Kier molecular flexibility index (Phi) is 5.93. The first-order valence-electron chi connectivity index (χ1n) is 8.84. The van der Waals surface area contributed by atoms with Crippen LogP contribution in [0, 0.1) is 5.92 Å². The van der Waals surface area contributed by atoms with Crippen LogP contribution in [0.25, 0.3) is 0 Å². The lowest BCUT2D eigenvalue weighted by molar-refractivity contribution is -0.146. The third-order valence-electron chi connectivity index (χ3n) is 5.33. The molecule has 1 aromatic heterocycles. The zero-order valence-electron chi connectivity index (χ0n) is 15.0. The fourth-order valence-corrected chi connectivity index (χ4v) is 4.93. The van der Waals surface area contributed by atoms with E-state index in [9.17, 15) is 14.4 Å². The topological polar surface area (TPSA) is 84.9 Å². The molecule has 1 saturated heterocycles. The maximum Gasteiger partial charge on any atom is 0.350 e. The van der Waals surface area contributed by atoms with Gasteiger partial charge in [-0.2, -0.15) is 0 Å². The highest BCUT2D eigenvalue weighted by Gasteiger charge is 2.46. The summed E-state index contributed by atoms with van der Waals surface area (Å²) in [6.07, 6.45) is 5.12. The third-order valence-corrected chi connectivity index (χ3v) is 6.23. The van der Waals surface area contributed by atoms with Crippen LogP contribution in [0.15, 0.2) is 11.4 Å². The molecule has 1 aromatic rings. The van der Waals surface area contributed by atoms with Gasteiger partial charge in [0.15, 0.2) is 0 Å². The second kappa shape index (κ2) is 8.18. The molecular formula is C18H24N2O5S. The number of esters is 2. The number of thiophene rings is 1. The van der Waals surface area contributed by atoms with Crippen LogP contribution >= 0.6 is 11.3 Å². The Labute approximate surface area is 156 Å². The Hall–Kier alpha value is -1.93. The number of hydrogen-bond acceptors (Lipinski definition) is 7. The van der Waals surface area contributed by atoms with Gasteiger partial charge in [0.1, 0.15) is 10.9 Å². The summed E-state index contributed by atoms with van der Waals surface area (Å²) in [5.41, 5.74) is 0.445. The number of methoxy groups -OCH3 is 2. The van der Waals surface area contributed by atoms with E-state index in [1.165, 1.54) is 32.0 Å². The van der Waals surface area contributed by atoms with Gasteiger partial charge >= 0.3 is 11.9 Å². The predicted octanol–water partition coefficient (Wildman–Crippen LogP) is 2.28. The molecule has 3 rings (SSSR count). The van der Waals surface area contributed by atoms with Crippen molar-refractivity contribution < 1.29 is 23.9 Å². The van der Waals surface area contributed by atoms with E-state index in [1.54, 1.807) is 11.4 Å². The summed E-state index contributed by atoms with van der Waals surface area (Å²) in [7, 11) is 2.69. The molecule has 2 aliphatic rings. The predicted molar refractivity (Wildman–Crippen MR) is 97.2 cm³/mol. The zero-order chi connectivity index (χ0) is 18.7. The van der Waals surface area contributed by atoms with Crippen LogP contribution in [0.2, 0.25) is 0 Å². The standard InChI is InChI=1S/C18H24N2O5S/c1-24-17(22)14-9-11-5-3-4-6-13(11)20(14)10-15(21)19-12-7-8-26-16(12)18(23)25-2/h7-8,11,13-14H,3-6,9-10H2,1-2H3,(H,19,21). The molecule has 1 amide bonds. The number of nitrogens with zero attached hydrogens (tertiary/aromatic N) is 1. The number of rotatable bonds is 5. The normalized spacial score (nSPS) is 25.4. The van der Waals surface area contributed by atoms with Crippen LogP contribution < -0.4 is 5.32 Å². The maximum absolute atomic E-state index is 12.6. The van der Waals surface area contributed by atoms with Gasteiger partial charge in [-0.3, -0.25) is 14.5 Å². The van der Waals surface area contributed by atoms with Crippen molar-refractivity contribution in [3.8, 4) is 0 Å². The molecule has 1 N–H and O–H groups in total. The van der Waals surface area contributed by atoms with Gasteiger partial charge in [0.05, 0.1) is 26.5 Å². The number of anilines is 1. The molecule has 1 aliphatic carbocycles. The molecule has 2 heterocycles. The van der Waals surface area contributed by atoms with Crippen LogP contribution in [-0.2, 0) is 19.1 Å². The molecular weight excluding hydrogens is 356 g/mol. The smallest absolute Gasteiger partial charge is 0.350 e. The quantitative estimate of drug-likeness (QED) is 0.789. The Morgan fingerprint density at radius 2 is 2.00 bits per heavy atom. The summed E-state index contributed by atoms with van der Waals surface area (Å²) in [4.78, 5) is 38.9. The first kappa shape index (κ1) is 18.8. The van der Waals surface area contributed by atoms with E-state index >= 15 is 0 Å². The summed E-state index contributed by atoms with van der Waals surface area (Å²) in [5, 5.41) is 4.51. The second-order valence-electron chi connectivity index (χ2n) is 6.76. The third kappa shape index (κ3) is 3.76. The lowest BCUT2D eigenvalue weighted by atomic mass is 9.85. The molecule has 8 heteroatoms. The molecule has 0 spiro atoms. The highest BCUT2D eigenvalue weighted by Crippen LogP contribution is 2.40. The number of fused-ring (bicyclic) bond motifs is 1. The van der Waals surface area contributed by atoms with E-state index < -0.39 is 5.97 Å². The summed E-state index contributed by atoms with van der Waals surface area (Å²) in [6.45, 7) is 0.109. The number of carbonyl (C=O) groups excluding carboxylic acids is 3. The van der Waals surface area contributed by atoms with E-state index in [1.807, 2.05) is 4.90 Å². The lowest BCUT2D eigenvalue weighted by Gasteiger charge is -2.32. The van der Waals surface area contributed by atoms with Crippen molar-refractivity contribution in [2.75, 3.05) is 26.1 Å². The van der Waals surface area contributed by atoms with E-state index in [2.05, 4.69) is 5.32 Å². The first-order chi connectivity index (χ1) is 12.5. The second-order valence-corrected chi connectivity index (χ2v) is 7.68. The fourth-order valence-electron chi connectivity index (χ4n) is 4.16. The van der Waals surface area contributed by atoms with Gasteiger partial charge in [-0.25, -0.2) is 4.79 Å². The molecule has 3 atom stereocenters. The summed E-state index contributed by atoms with van der Waals surface area (Å²) < 4.78 is 9.68. The number of likely N-dealkylation sites (tertiary alicyclic amines) is 1. The average molecular weight is 380 g/mol. The number of hydrogen-bond donors (Lipinski definition) is 1. The lowest BCUT2D eigenvalue weighted by Crippen LogP contribution is -2.46. The van der Waals surface area contributed by atoms with Crippen molar-refractivity contribution in [2.24, 2.45) is 5.92 Å². The van der Waals surface area contributed by atoms with E-state index in [4.69, 9.17) is 9.47 Å². The van der Waals surface area contributed by atoms with Gasteiger partial charge in [0.25, 0.3) is 0 Å². The van der Waals surface area contributed by atoms with E-state index in [-0.39, 0.29) is 30.5 Å². The van der Waals surface area contributed by atoms with E-state index in [0.717, 1.165) is 25.7 Å². The summed E-state index contributed by atoms with van der Waals surface area (Å²) in [5.74, 6) is -0.560. The van der Waals surface area contributed by atoms with Crippen molar-refractivity contribution in [3.05, 3.63) is 16.3 Å². The van der Waals surface area contributed by atoms with Gasteiger partial charge in [0.2, 0.25) is 5.91 Å². The van der Waals surface area contributed by atoms with Crippen molar-refractivity contribution in [1.82, 2.24) is 4.90 Å². The molecule has 2 fully saturated rings. The molecule has 142 valence electrons. The van der Waals surface area contributed by atoms with Gasteiger partial charge < -0.3 is 14.8 Å². The molecule has 1 aliphatic heterocycles. The molecule has 26 heavy (non-hydrogen) atoms. The van der Waals surface area contributed by atoms with Gasteiger partial charge in [-0.15, -0.1) is 11.3 Å². The number of ether oxygens (including phenoxy) is 2. The minimum absolute atomic E-state index is 0.109. The number of amides is 1. The Morgan fingerprint density at radius 3 is 2.73 bits per heavy atom. The molecule has 7 nitrogen and oxygen atoms in total. The Balaban J connectivity index is 1.71. The van der Waals surface area contributed by atoms with Crippen LogP contribution in [0.5, 0.6) is 0 Å². The molecule has 0 bridgehead atoms. The summed E-state index contributed by atoms with van der Waals surface area (Å²) in [6, 6.07) is 1.54.